The SMILES string of the molecule is Cc1cc2nc(CCc3ccccc3)n(CC#N)c2cc1C. The lowest BCUT2D eigenvalue weighted by Gasteiger charge is -2.06. The molecule has 0 bridgehead atoms. The van der Waals surface area contributed by atoms with Crippen LogP contribution in [-0.2, 0) is 19.4 Å². The Morgan fingerprint density at radius 2 is 1.77 bits per heavy atom. The lowest BCUT2D eigenvalue weighted by molar-refractivity contribution is 0.748. The number of nitriles is 1. The number of aromatic nitrogens is 2. The molecule has 0 atom stereocenters. The normalized spacial score (nSPS) is 10.8. The van der Waals surface area contributed by atoms with Gasteiger partial charge in [0.1, 0.15) is 12.4 Å². The molecule has 1 aromatic heterocycles. The lowest BCUT2D eigenvalue weighted by Crippen LogP contribution is -2.04. The fourth-order valence-electron chi connectivity index (χ4n) is 2.77. The van der Waals surface area contributed by atoms with Crippen molar-refractivity contribution in [2.45, 2.75) is 33.2 Å². The minimum Gasteiger partial charge on any atom is -0.314 e. The third-order valence-electron chi connectivity index (χ3n) is 4.15. The van der Waals surface area contributed by atoms with Gasteiger partial charge in [0.25, 0.3) is 0 Å². The van der Waals surface area contributed by atoms with Gasteiger partial charge in [0.2, 0.25) is 0 Å². The van der Waals surface area contributed by atoms with Crippen LogP contribution in [0, 0.1) is 25.2 Å². The first-order chi connectivity index (χ1) is 10.7. The molecule has 0 saturated heterocycles. The molecule has 0 saturated carbocycles. The van der Waals surface area contributed by atoms with Crippen LogP contribution in [-0.4, -0.2) is 9.55 Å². The number of fused-ring (bicyclic) bond motifs is 1. The monoisotopic (exact) mass is 289 g/mol. The summed E-state index contributed by atoms with van der Waals surface area (Å²) in [6.45, 7) is 4.55. The minimum atomic E-state index is 0.350. The summed E-state index contributed by atoms with van der Waals surface area (Å²) in [7, 11) is 0. The summed E-state index contributed by atoms with van der Waals surface area (Å²) in [5, 5.41) is 9.13. The molecule has 3 heteroatoms. The molecular formula is C19H19N3. The highest BCUT2D eigenvalue weighted by atomic mass is 15.1. The lowest BCUT2D eigenvalue weighted by atomic mass is 10.1. The van der Waals surface area contributed by atoms with Gasteiger partial charge < -0.3 is 4.57 Å². The Labute approximate surface area is 130 Å². The molecule has 22 heavy (non-hydrogen) atoms. The molecular weight excluding hydrogens is 270 g/mol. The van der Waals surface area contributed by atoms with E-state index in [1.165, 1.54) is 16.7 Å². The van der Waals surface area contributed by atoms with Crippen LogP contribution in [0.15, 0.2) is 42.5 Å². The van der Waals surface area contributed by atoms with Crippen LogP contribution in [0.1, 0.15) is 22.5 Å². The summed E-state index contributed by atoms with van der Waals surface area (Å²) >= 11 is 0. The molecule has 3 rings (SSSR count). The largest absolute Gasteiger partial charge is 0.314 e. The van der Waals surface area contributed by atoms with E-state index in [2.05, 4.69) is 56.3 Å². The Morgan fingerprint density at radius 3 is 2.50 bits per heavy atom. The van der Waals surface area contributed by atoms with Crippen LogP contribution >= 0.6 is 0 Å². The van der Waals surface area contributed by atoms with E-state index in [1.807, 2.05) is 10.6 Å². The molecule has 0 aliphatic carbocycles. The van der Waals surface area contributed by atoms with Gasteiger partial charge in [0.15, 0.2) is 0 Å². The number of rotatable bonds is 4. The standard InChI is InChI=1S/C19H19N3/c1-14-12-17-18(13-15(14)2)22(11-10-20)19(21-17)9-8-16-6-4-3-5-7-16/h3-7,12-13H,8-9,11H2,1-2H3. The second-order valence-electron chi connectivity index (χ2n) is 5.68. The highest BCUT2D eigenvalue weighted by Gasteiger charge is 2.11. The molecule has 1 heterocycles. The maximum Gasteiger partial charge on any atom is 0.111 e. The van der Waals surface area contributed by atoms with Gasteiger partial charge in [0.05, 0.1) is 17.1 Å². The zero-order valence-corrected chi connectivity index (χ0v) is 13.0. The Kier molecular flexibility index (Phi) is 3.93. The van der Waals surface area contributed by atoms with E-state index >= 15 is 0 Å². The quantitative estimate of drug-likeness (QED) is 0.729. The average molecular weight is 289 g/mol. The van der Waals surface area contributed by atoms with Crippen molar-refractivity contribution in [3.63, 3.8) is 0 Å². The van der Waals surface area contributed by atoms with Gasteiger partial charge in [0, 0.05) is 6.42 Å². The van der Waals surface area contributed by atoms with E-state index < -0.39 is 0 Å². The predicted molar refractivity (Wildman–Crippen MR) is 88.7 cm³/mol. The van der Waals surface area contributed by atoms with Gasteiger partial charge in [-0.1, -0.05) is 30.3 Å². The van der Waals surface area contributed by atoms with Crippen LogP contribution in [0.4, 0.5) is 0 Å². The number of imidazole rings is 1. The summed E-state index contributed by atoms with van der Waals surface area (Å²) in [6.07, 6.45) is 1.78. The van der Waals surface area contributed by atoms with Crippen LogP contribution in [0.5, 0.6) is 0 Å². The maximum atomic E-state index is 9.13. The van der Waals surface area contributed by atoms with Gasteiger partial charge in [-0.25, -0.2) is 4.98 Å². The topological polar surface area (TPSA) is 41.6 Å². The first kappa shape index (κ1) is 14.3. The van der Waals surface area contributed by atoms with Crippen LogP contribution in [0.2, 0.25) is 0 Å². The van der Waals surface area contributed by atoms with E-state index in [9.17, 15) is 0 Å². The van der Waals surface area contributed by atoms with E-state index in [-0.39, 0.29) is 0 Å². The molecule has 0 unspecified atom stereocenters. The minimum absolute atomic E-state index is 0.350. The second kappa shape index (κ2) is 6.03. The molecule has 3 aromatic rings. The zero-order chi connectivity index (χ0) is 15.5. The molecule has 3 nitrogen and oxygen atoms in total. The predicted octanol–water partition coefficient (Wildman–Crippen LogP) is 3.96. The van der Waals surface area contributed by atoms with Crippen molar-refractivity contribution in [3.8, 4) is 6.07 Å². The molecule has 0 fully saturated rings. The third-order valence-corrected chi connectivity index (χ3v) is 4.15. The van der Waals surface area contributed by atoms with E-state index in [0.29, 0.717) is 6.54 Å². The molecule has 0 radical (unpaired) electrons. The molecule has 0 spiro atoms. The van der Waals surface area contributed by atoms with Crippen molar-refractivity contribution in [2.24, 2.45) is 0 Å². The van der Waals surface area contributed by atoms with Crippen LogP contribution in [0.25, 0.3) is 11.0 Å². The molecule has 0 aliphatic rings. The summed E-state index contributed by atoms with van der Waals surface area (Å²) in [4.78, 5) is 4.76. The Morgan fingerprint density at radius 1 is 1.05 bits per heavy atom. The fraction of sp³-hybridized carbons (Fsp3) is 0.263. The first-order valence-corrected chi connectivity index (χ1v) is 7.56. The smallest absolute Gasteiger partial charge is 0.111 e. The molecule has 110 valence electrons. The number of hydrogen-bond donors (Lipinski definition) is 0. The van der Waals surface area contributed by atoms with Crippen molar-refractivity contribution in [1.82, 2.24) is 9.55 Å². The van der Waals surface area contributed by atoms with Gasteiger partial charge in [-0.05, 0) is 49.1 Å². The van der Waals surface area contributed by atoms with E-state index in [0.717, 1.165) is 29.7 Å². The Hall–Kier alpha value is -2.60. The number of benzene rings is 2. The van der Waals surface area contributed by atoms with E-state index in [4.69, 9.17) is 10.2 Å². The first-order valence-electron chi connectivity index (χ1n) is 7.56. The van der Waals surface area contributed by atoms with Crippen molar-refractivity contribution < 1.29 is 0 Å². The van der Waals surface area contributed by atoms with Crippen LogP contribution in [0.3, 0.4) is 0 Å². The Balaban J connectivity index is 1.97. The molecule has 0 N–H and O–H groups in total. The average Bonchev–Trinajstić information content (AvgIpc) is 2.84. The summed E-state index contributed by atoms with van der Waals surface area (Å²) in [6, 6.07) is 16.9. The number of hydrogen-bond acceptors (Lipinski definition) is 2. The number of nitrogens with zero attached hydrogens (tertiary/aromatic N) is 3. The van der Waals surface area contributed by atoms with Gasteiger partial charge in [-0.2, -0.15) is 5.26 Å². The van der Waals surface area contributed by atoms with Gasteiger partial charge in [-0.15, -0.1) is 0 Å². The highest BCUT2D eigenvalue weighted by molar-refractivity contribution is 5.78. The Bertz CT molecular complexity index is 838. The summed E-state index contributed by atoms with van der Waals surface area (Å²) < 4.78 is 2.05. The van der Waals surface area contributed by atoms with Gasteiger partial charge in [-0.3, -0.25) is 0 Å². The van der Waals surface area contributed by atoms with Crippen molar-refractivity contribution >= 4 is 11.0 Å². The van der Waals surface area contributed by atoms with Crippen molar-refractivity contribution in [2.75, 3.05) is 0 Å². The second-order valence-corrected chi connectivity index (χ2v) is 5.68. The third kappa shape index (κ3) is 2.73. The van der Waals surface area contributed by atoms with Crippen molar-refractivity contribution in [1.29, 1.82) is 5.26 Å². The highest BCUT2D eigenvalue weighted by Crippen LogP contribution is 2.21. The fourth-order valence-corrected chi connectivity index (χ4v) is 2.77. The summed E-state index contributed by atoms with van der Waals surface area (Å²) in [5.74, 6) is 0.991. The molecule has 2 aromatic carbocycles. The van der Waals surface area contributed by atoms with E-state index in [1.54, 1.807) is 0 Å². The number of aryl methyl sites for hydroxylation is 4. The maximum absolute atomic E-state index is 9.13. The van der Waals surface area contributed by atoms with Crippen molar-refractivity contribution in [3.05, 3.63) is 65.0 Å². The molecule has 0 aliphatic heterocycles. The molecule has 0 amide bonds. The van der Waals surface area contributed by atoms with Crippen LogP contribution < -0.4 is 0 Å². The summed E-state index contributed by atoms with van der Waals surface area (Å²) in [5.41, 5.74) is 5.82. The van der Waals surface area contributed by atoms with Gasteiger partial charge >= 0.3 is 0 Å². The zero-order valence-electron chi connectivity index (χ0n) is 13.0.